The van der Waals surface area contributed by atoms with E-state index in [9.17, 15) is 4.79 Å². The smallest absolute Gasteiger partial charge is 0.270 e. The van der Waals surface area contributed by atoms with Gasteiger partial charge in [-0.3, -0.25) is 4.79 Å². The van der Waals surface area contributed by atoms with Gasteiger partial charge in [-0.15, -0.1) is 0 Å². The number of likely N-dealkylation sites (tertiary alicyclic amines) is 1. The van der Waals surface area contributed by atoms with Crippen molar-refractivity contribution in [3.05, 3.63) is 22.4 Å². The number of amides is 1. The zero-order valence-electron chi connectivity index (χ0n) is 11.9. The molecule has 1 amide bonds. The van der Waals surface area contributed by atoms with Crippen molar-refractivity contribution in [2.75, 3.05) is 6.54 Å². The molecule has 110 valence electrons. The molecule has 5 heteroatoms. The number of nitrogens with zero attached hydrogens (tertiary/aromatic N) is 2. The fourth-order valence-electron chi connectivity index (χ4n) is 3.18. The molecule has 1 saturated carbocycles. The van der Waals surface area contributed by atoms with Gasteiger partial charge in [-0.1, -0.05) is 0 Å². The van der Waals surface area contributed by atoms with E-state index in [0.717, 1.165) is 29.6 Å². The molecule has 2 fully saturated rings. The predicted octanol–water partition coefficient (Wildman–Crippen LogP) is 2.93. The standard InChI is InChI=1S/C15H22BrN3O/c1-10(17)13-4-2-3-7-18(13)15(20)14-8-11(16)9-19(14)12-5-6-12/h8-10,12-13H,2-7,17H2,1H3. The molecule has 0 bridgehead atoms. The van der Waals surface area contributed by atoms with E-state index in [1.807, 2.05) is 24.1 Å². The van der Waals surface area contributed by atoms with Crippen molar-refractivity contribution < 1.29 is 4.79 Å². The number of nitrogens with two attached hydrogens (primary N) is 1. The summed E-state index contributed by atoms with van der Waals surface area (Å²) in [6.07, 6.45) is 7.67. The van der Waals surface area contributed by atoms with Gasteiger partial charge in [-0.05, 0) is 61.0 Å². The molecule has 1 aliphatic heterocycles. The first-order valence-corrected chi connectivity index (χ1v) is 8.31. The van der Waals surface area contributed by atoms with E-state index in [1.165, 1.54) is 19.3 Å². The lowest BCUT2D eigenvalue weighted by atomic mass is 9.96. The summed E-state index contributed by atoms with van der Waals surface area (Å²) in [6.45, 7) is 2.84. The molecule has 1 aliphatic carbocycles. The van der Waals surface area contributed by atoms with E-state index in [4.69, 9.17) is 5.73 Å². The Labute approximate surface area is 128 Å². The molecule has 1 aromatic rings. The highest BCUT2D eigenvalue weighted by Gasteiger charge is 2.34. The van der Waals surface area contributed by atoms with Crippen LogP contribution in [0.3, 0.4) is 0 Å². The zero-order chi connectivity index (χ0) is 14.3. The molecule has 2 N–H and O–H groups in total. The molecule has 4 nitrogen and oxygen atoms in total. The summed E-state index contributed by atoms with van der Waals surface area (Å²) in [6, 6.07) is 2.68. The summed E-state index contributed by atoms with van der Waals surface area (Å²) >= 11 is 3.50. The van der Waals surface area contributed by atoms with E-state index < -0.39 is 0 Å². The number of carbonyl (C=O) groups excluding carboxylic acids is 1. The Hall–Kier alpha value is -0.810. The molecule has 20 heavy (non-hydrogen) atoms. The number of aromatic nitrogens is 1. The van der Waals surface area contributed by atoms with E-state index in [-0.39, 0.29) is 18.0 Å². The van der Waals surface area contributed by atoms with Gasteiger partial charge in [0.1, 0.15) is 5.69 Å². The van der Waals surface area contributed by atoms with Crippen LogP contribution in [0.2, 0.25) is 0 Å². The molecule has 2 heterocycles. The summed E-state index contributed by atoms with van der Waals surface area (Å²) < 4.78 is 3.13. The van der Waals surface area contributed by atoms with E-state index in [2.05, 4.69) is 20.5 Å². The molecule has 2 unspecified atom stereocenters. The Morgan fingerprint density at radius 3 is 2.80 bits per heavy atom. The zero-order valence-corrected chi connectivity index (χ0v) is 13.5. The summed E-state index contributed by atoms with van der Waals surface area (Å²) in [5.41, 5.74) is 6.89. The lowest BCUT2D eigenvalue weighted by Crippen LogP contribution is -2.52. The molecule has 1 saturated heterocycles. The van der Waals surface area contributed by atoms with Gasteiger partial charge in [-0.2, -0.15) is 0 Å². The van der Waals surface area contributed by atoms with Gasteiger partial charge in [0.05, 0.1) is 0 Å². The van der Waals surface area contributed by atoms with Crippen molar-refractivity contribution in [2.45, 2.75) is 57.2 Å². The van der Waals surface area contributed by atoms with Gasteiger partial charge in [0.25, 0.3) is 5.91 Å². The van der Waals surface area contributed by atoms with Crippen LogP contribution in [0, 0.1) is 0 Å². The maximum atomic E-state index is 12.9. The SMILES string of the molecule is CC(N)C1CCCCN1C(=O)c1cc(Br)cn1C1CC1. The highest BCUT2D eigenvalue weighted by Crippen LogP contribution is 2.38. The number of rotatable bonds is 3. The molecule has 1 aromatic heterocycles. The molecule has 0 aromatic carbocycles. The van der Waals surface area contributed by atoms with Crippen LogP contribution in [0.5, 0.6) is 0 Å². The Balaban J connectivity index is 1.87. The third-order valence-electron chi connectivity index (χ3n) is 4.39. The van der Waals surface area contributed by atoms with Crippen LogP contribution < -0.4 is 5.73 Å². The van der Waals surface area contributed by atoms with Crippen LogP contribution in [-0.2, 0) is 0 Å². The van der Waals surface area contributed by atoms with Crippen molar-refractivity contribution in [3.8, 4) is 0 Å². The van der Waals surface area contributed by atoms with Crippen molar-refractivity contribution in [2.24, 2.45) is 5.73 Å². The lowest BCUT2D eigenvalue weighted by Gasteiger charge is -2.38. The second-order valence-electron chi connectivity index (χ2n) is 6.10. The Morgan fingerprint density at radius 1 is 1.40 bits per heavy atom. The molecule has 2 atom stereocenters. The summed E-state index contributed by atoms with van der Waals surface area (Å²) in [5.74, 6) is 0.143. The fourth-order valence-corrected chi connectivity index (χ4v) is 3.61. The Kier molecular flexibility index (Phi) is 3.91. The first kappa shape index (κ1) is 14.1. The number of halogens is 1. The maximum Gasteiger partial charge on any atom is 0.270 e. The van der Waals surface area contributed by atoms with Gasteiger partial charge >= 0.3 is 0 Å². The first-order valence-electron chi connectivity index (χ1n) is 7.52. The van der Waals surface area contributed by atoms with Crippen LogP contribution in [0.1, 0.15) is 55.6 Å². The monoisotopic (exact) mass is 339 g/mol. The van der Waals surface area contributed by atoms with Gasteiger partial charge in [0.2, 0.25) is 0 Å². The van der Waals surface area contributed by atoms with E-state index in [0.29, 0.717) is 6.04 Å². The van der Waals surface area contributed by atoms with Crippen LogP contribution in [0.15, 0.2) is 16.7 Å². The molecule has 3 rings (SSSR count). The van der Waals surface area contributed by atoms with Gasteiger partial charge in [-0.25, -0.2) is 0 Å². The second kappa shape index (κ2) is 5.53. The largest absolute Gasteiger partial charge is 0.339 e. The van der Waals surface area contributed by atoms with Crippen LogP contribution in [0.25, 0.3) is 0 Å². The normalized spacial score (nSPS) is 24.8. The molecule has 2 aliphatic rings. The summed E-state index contributed by atoms with van der Waals surface area (Å²) in [4.78, 5) is 14.9. The fraction of sp³-hybridized carbons (Fsp3) is 0.667. The third-order valence-corrected chi connectivity index (χ3v) is 4.83. The molecular formula is C15H22BrN3O. The number of hydrogen-bond donors (Lipinski definition) is 1. The molecule has 0 spiro atoms. The second-order valence-corrected chi connectivity index (χ2v) is 7.02. The van der Waals surface area contributed by atoms with Crippen molar-refractivity contribution in [3.63, 3.8) is 0 Å². The minimum Gasteiger partial charge on any atom is -0.339 e. The van der Waals surface area contributed by atoms with Gasteiger partial charge in [0.15, 0.2) is 0 Å². The Morgan fingerprint density at radius 2 is 2.15 bits per heavy atom. The van der Waals surface area contributed by atoms with Crippen molar-refractivity contribution in [1.29, 1.82) is 0 Å². The van der Waals surface area contributed by atoms with E-state index in [1.54, 1.807) is 0 Å². The maximum absolute atomic E-state index is 12.9. The number of carbonyl (C=O) groups is 1. The predicted molar refractivity (Wildman–Crippen MR) is 82.7 cm³/mol. The summed E-state index contributed by atoms with van der Waals surface area (Å²) in [5, 5.41) is 0. The van der Waals surface area contributed by atoms with Crippen LogP contribution in [0.4, 0.5) is 0 Å². The van der Waals surface area contributed by atoms with Gasteiger partial charge in [0, 0.05) is 35.3 Å². The van der Waals surface area contributed by atoms with Gasteiger partial charge < -0.3 is 15.2 Å². The van der Waals surface area contributed by atoms with Crippen LogP contribution >= 0.6 is 15.9 Å². The third kappa shape index (κ3) is 2.66. The topological polar surface area (TPSA) is 51.3 Å². The minimum atomic E-state index is 0.0343. The average Bonchev–Trinajstić information content (AvgIpc) is 3.21. The van der Waals surface area contributed by atoms with E-state index >= 15 is 0 Å². The first-order chi connectivity index (χ1) is 9.58. The van der Waals surface area contributed by atoms with Crippen molar-refractivity contribution in [1.82, 2.24) is 9.47 Å². The average molecular weight is 340 g/mol. The highest BCUT2D eigenvalue weighted by atomic mass is 79.9. The van der Waals surface area contributed by atoms with Crippen molar-refractivity contribution >= 4 is 21.8 Å². The molecule has 0 radical (unpaired) electrons. The minimum absolute atomic E-state index is 0.0343. The summed E-state index contributed by atoms with van der Waals surface area (Å²) in [7, 11) is 0. The van der Waals surface area contributed by atoms with Crippen LogP contribution in [-0.4, -0.2) is 34.0 Å². The molecular weight excluding hydrogens is 318 g/mol. The number of hydrogen-bond acceptors (Lipinski definition) is 2. The Bertz CT molecular complexity index is 507. The number of piperidine rings is 1. The quantitative estimate of drug-likeness (QED) is 0.920. The highest BCUT2D eigenvalue weighted by molar-refractivity contribution is 9.10. The lowest BCUT2D eigenvalue weighted by molar-refractivity contribution is 0.0572.